The van der Waals surface area contributed by atoms with Gasteiger partial charge >= 0.3 is 5.97 Å². The van der Waals surface area contributed by atoms with Crippen molar-refractivity contribution < 1.29 is 19.7 Å². The lowest BCUT2D eigenvalue weighted by molar-refractivity contribution is -0.398. The van der Waals surface area contributed by atoms with Crippen molar-refractivity contribution in [2.75, 3.05) is 0 Å². The first kappa shape index (κ1) is 14.4. The highest BCUT2D eigenvalue weighted by molar-refractivity contribution is 5.76. The van der Waals surface area contributed by atoms with Crippen LogP contribution in [-0.2, 0) is 14.6 Å². The molecule has 0 fully saturated rings. The Bertz CT molecular complexity index is 213. The van der Waals surface area contributed by atoms with Gasteiger partial charge in [0.05, 0.1) is 5.60 Å². The van der Waals surface area contributed by atoms with Crippen molar-refractivity contribution in [1.29, 1.82) is 0 Å². The second kappa shape index (κ2) is 5.47. The molecule has 0 saturated carbocycles. The second-order valence-electron chi connectivity index (χ2n) is 4.57. The largest absolute Gasteiger partial charge is 0.479 e. The average molecular weight is 218 g/mol. The van der Waals surface area contributed by atoms with E-state index >= 15 is 0 Å². The van der Waals surface area contributed by atoms with Crippen LogP contribution in [0.2, 0.25) is 0 Å². The minimum Gasteiger partial charge on any atom is -0.479 e. The van der Waals surface area contributed by atoms with Gasteiger partial charge in [0.25, 0.3) is 0 Å². The van der Waals surface area contributed by atoms with Gasteiger partial charge in [0.1, 0.15) is 0 Å². The molecule has 0 aliphatic heterocycles. The first-order chi connectivity index (χ1) is 6.77. The summed E-state index contributed by atoms with van der Waals surface area (Å²) in [5.74, 6) is -1.00. The number of hydrogen-bond donors (Lipinski definition) is 1. The monoisotopic (exact) mass is 218 g/mol. The molecule has 15 heavy (non-hydrogen) atoms. The van der Waals surface area contributed by atoms with E-state index in [2.05, 4.69) is 0 Å². The quantitative estimate of drug-likeness (QED) is 0.527. The molecule has 0 spiro atoms. The standard InChI is InChI=1S/C11H22O4/c1-6-8-10(3,4)14-15-11(5,7-2)9(12)13/h6-8H2,1-5H3,(H,12,13). The molecule has 1 unspecified atom stereocenters. The highest BCUT2D eigenvalue weighted by atomic mass is 17.2. The van der Waals surface area contributed by atoms with Gasteiger partial charge in [-0.25, -0.2) is 14.6 Å². The molecular formula is C11H22O4. The molecule has 0 aliphatic carbocycles. The Balaban J connectivity index is 4.29. The zero-order chi connectivity index (χ0) is 12.1. The zero-order valence-electron chi connectivity index (χ0n) is 10.3. The van der Waals surface area contributed by atoms with Crippen LogP contribution in [0.3, 0.4) is 0 Å². The molecule has 1 atom stereocenters. The van der Waals surface area contributed by atoms with Gasteiger partial charge in [-0.2, -0.15) is 0 Å². The molecule has 0 aromatic carbocycles. The fourth-order valence-electron chi connectivity index (χ4n) is 1.09. The van der Waals surface area contributed by atoms with E-state index in [9.17, 15) is 4.79 Å². The van der Waals surface area contributed by atoms with Gasteiger partial charge in [0.2, 0.25) is 0 Å². The van der Waals surface area contributed by atoms with Crippen LogP contribution in [0.25, 0.3) is 0 Å². The molecule has 0 aromatic heterocycles. The molecule has 0 heterocycles. The fraction of sp³-hybridized carbons (Fsp3) is 0.909. The molecular weight excluding hydrogens is 196 g/mol. The number of carboxylic acids is 1. The van der Waals surface area contributed by atoms with E-state index in [0.29, 0.717) is 6.42 Å². The smallest absolute Gasteiger partial charge is 0.339 e. The van der Waals surface area contributed by atoms with Crippen LogP contribution < -0.4 is 0 Å². The molecule has 0 amide bonds. The van der Waals surface area contributed by atoms with Gasteiger partial charge in [0, 0.05) is 0 Å². The Kier molecular flexibility index (Phi) is 5.24. The lowest BCUT2D eigenvalue weighted by Crippen LogP contribution is -2.40. The van der Waals surface area contributed by atoms with Crippen LogP contribution in [0.5, 0.6) is 0 Å². The van der Waals surface area contributed by atoms with Crippen LogP contribution in [-0.4, -0.2) is 22.3 Å². The molecule has 4 nitrogen and oxygen atoms in total. The molecule has 0 aromatic rings. The second-order valence-corrected chi connectivity index (χ2v) is 4.57. The predicted octanol–water partition coefficient (Wildman–Crippen LogP) is 2.77. The Labute approximate surface area is 91.5 Å². The van der Waals surface area contributed by atoms with Crippen molar-refractivity contribution in [3.05, 3.63) is 0 Å². The third-order valence-corrected chi connectivity index (χ3v) is 2.43. The first-order valence-corrected chi connectivity index (χ1v) is 5.37. The van der Waals surface area contributed by atoms with Crippen LogP contribution in [0.1, 0.15) is 53.9 Å². The topological polar surface area (TPSA) is 55.8 Å². The number of hydrogen-bond acceptors (Lipinski definition) is 3. The average Bonchev–Trinajstić information content (AvgIpc) is 2.14. The van der Waals surface area contributed by atoms with E-state index in [1.165, 1.54) is 6.92 Å². The SMILES string of the molecule is CCCC(C)(C)OOC(C)(CC)C(=O)O. The van der Waals surface area contributed by atoms with Crippen LogP contribution in [0.15, 0.2) is 0 Å². The number of rotatable bonds is 7. The van der Waals surface area contributed by atoms with E-state index in [0.717, 1.165) is 12.8 Å². The minimum atomic E-state index is -1.26. The Hall–Kier alpha value is -0.610. The van der Waals surface area contributed by atoms with Gasteiger partial charge in [-0.3, -0.25) is 0 Å². The molecule has 0 bridgehead atoms. The zero-order valence-corrected chi connectivity index (χ0v) is 10.3. The van der Waals surface area contributed by atoms with Crippen LogP contribution >= 0.6 is 0 Å². The molecule has 90 valence electrons. The van der Waals surface area contributed by atoms with E-state index in [1.807, 2.05) is 20.8 Å². The van der Waals surface area contributed by atoms with Gasteiger partial charge in [0.15, 0.2) is 5.60 Å². The lowest BCUT2D eigenvalue weighted by Gasteiger charge is -2.29. The number of aliphatic carboxylic acids is 1. The maximum absolute atomic E-state index is 10.9. The van der Waals surface area contributed by atoms with Crippen LogP contribution in [0, 0.1) is 0 Å². The number of carboxylic acid groups (broad SMARTS) is 1. The van der Waals surface area contributed by atoms with E-state index in [4.69, 9.17) is 14.9 Å². The molecule has 0 aliphatic rings. The molecule has 0 saturated heterocycles. The summed E-state index contributed by atoms with van der Waals surface area (Å²) in [6.45, 7) is 9.08. The summed E-state index contributed by atoms with van der Waals surface area (Å²) in [6, 6.07) is 0. The van der Waals surface area contributed by atoms with Crippen molar-refractivity contribution in [2.24, 2.45) is 0 Å². The first-order valence-electron chi connectivity index (χ1n) is 5.37. The lowest BCUT2D eigenvalue weighted by atomic mass is 10.0. The van der Waals surface area contributed by atoms with Gasteiger partial charge in [-0.15, -0.1) is 0 Å². The summed E-state index contributed by atoms with van der Waals surface area (Å²) < 4.78 is 0. The van der Waals surface area contributed by atoms with Gasteiger partial charge in [-0.05, 0) is 33.6 Å². The predicted molar refractivity (Wildman–Crippen MR) is 57.5 cm³/mol. The van der Waals surface area contributed by atoms with E-state index in [1.54, 1.807) is 6.92 Å². The Morgan fingerprint density at radius 1 is 1.20 bits per heavy atom. The summed E-state index contributed by atoms with van der Waals surface area (Å²) >= 11 is 0. The Morgan fingerprint density at radius 3 is 2.07 bits per heavy atom. The summed E-state index contributed by atoms with van der Waals surface area (Å²) in [5, 5.41) is 8.95. The summed E-state index contributed by atoms with van der Waals surface area (Å²) in [5.41, 5.74) is -1.70. The summed E-state index contributed by atoms with van der Waals surface area (Å²) in [6.07, 6.45) is 2.16. The van der Waals surface area contributed by atoms with Crippen molar-refractivity contribution in [3.63, 3.8) is 0 Å². The third-order valence-electron chi connectivity index (χ3n) is 2.43. The normalized spacial score (nSPS) is 16.1. The molecule has 0 rings (SSSR count). The molecule has 0 radical (unpaired) electrons. The van der Waals surface area contributed by atoms with Crippen LogP contribution in [0.4, 0.5) is 0 Å². The van der Waals surface area contributed by atoms with Crippen molar-refractivity contribution in [2.45, 2.75) is 65.1 Å². The van der Waals surface area contributed by atoms with E-state index < -0.39 is 17.2 Å². The van der Waals surface area contributed by atoms with Crippen molar-refractivity contribution >= 4 is 5.97 Å². The molecule has 4 heteroatoms. The van der Waals surface area contributed by atoms with E-state index in [-0.39, 0.29) is 0 Å². The van der Waals surface area contributed by atoms with Crippen molar-refractivity contribution in [1.82, 2.24) is 0 Å². The maximum atomic E-state index is 10.9. The minimum absolute atomic E-state index is 0.366. The third kappa shape index (κ3) is 4.62. The highest BCUT2D eigenvalue weighted by Gasteiger charge is 2.36. The fourth-order valence-corrected chi connectivity index (χ4v) is 1.09. The summed E-state index contributed by atoms with van der Waals surface area (Å²) in [7, 11) is 0. The highest BCUT2D eigenvalue weighted by Crippen LogP contribution is 2.23. The van der Waals surface area contributed by atoms with Crippen molar-refractivity contribution in [3.8, 4) is 0 Å². The molecule has 1 N–H and O–H groups in total. The summed E-state index contributed by atoms with van der Waals surface area (Å²) in [4.78, 5) is 21.2. The number of carbonyl (C=O) groups is 1. The van der Waals surface area contributed by atoms with Gasteiger partial charge < -0.3 is 5.11 Å². The van der Waals surface area contributed by atoms with Gasteiger partial charge in [-0.1, -0.05) is 20.3 Å². The maximum Gasteiger partial charge on any atom is 0.339 e. The Morgan fingerprint density at radius 2 is 1.73 bits per heavy atom.